The van der Waals surface area contributed by atoms with E-state index in [0.717, 1.165) is 0 Å². The second kappa shape index (κ2) is 7.20. The molecule has 0 amide bonds. The van der Waals surface area contributed by atoms with Gasteiger partial charge in [-0.1, -0.05) is 0 Å². The van der Waals surface area contributed by atoms with Gasteiger partial charge in [-0.2, -0.15) is 0 Å². The van der Waals surface area contributed by atoms with E-state index in [1.807, 2.05) is 0 Å². The Balaban J connectivity index is 2.15. The lowest BCUT2D eigenvalue weighted by molar-refractivity contribution is 0.308. The third-order valence-corrected chi connectivity index (χ3v) is 4.36. The molecule has 2 rings (SSSR count). The number of benzene rings is 1. The maximum atomic E-state index is 13.2. The Labute approximate surface area is 139 Å². The van der Waals surface area contributed by atoms with Crippen molar-refractivity contribution in [1.29, 1.82) is 0 Å². The van der Waals surface area contributed by atoms with Gasteiger partial charge in [0.1, 0.15) is 5.82 Å². The molecule has 23 heavy (non-hydrogen) atoms. The van der Waals surface area contributed by atoms with Crippen LogP contribution in [-0.2, 0) is 4.57 Å². The number of aromatic nitrogens is 2. The Hall–Kier alpha value is -1.77. The average molecular weight is 406 g/mol. The standard InChI is InChI=1S/C12H14BrFN5O3P/c1-23(20,21)5-4-16-12-10(18-22-19-12)11(15)17-7-2-3-9(14)8(13)6-7/h2-3,6H,4-5H2,1H3,(H2,15,17)(H,16,19)(H,20,21). The van der Waals surface area contributed by atoms with E-state index in [1.54, 1.807) is 0 Å². The fourth-order valence-electron chi connectivity index (χ4n) is 1.60. The van der Waals surface area contributed by atoms with Crippen molar-refractivity contribution in [1.82, 2.24) is 10.3 Å². The molecule has 0 radical (unpaired) electrons. The van der Waals surface area contributed by atoms with Crippen molar-refractivity contribution in [3.63, 3.8) is 0 Å². The van der Waals surface area contributed by atoms with E-state index < -0.39 is 13.2 Å². The topological polar surface area (TPSA) is 127 Å². The first-order valence-electron chi connectivity index (χ1n) is 6.41. The number of hydrogen-bond acceptors (Lipinski definition) is 6. The number of hydrogen-bond donors (Lipinski definition) is 3. The van der Waals surface area contributed by atoms with Crippen LogP contribution in [0.3, 0.4) is 0 Å². The van der Waals surface area contributed by atoms with Gasteiger partial charge in [-0.15, -0.1) is 0 Å². The van der Waals surface area contributed by atoms with Gasteiger partial charge in [-0.25, -0.2) is 14.0 Å². The summed E-state index contributed by atoms with van der Waals surface area (Å²) in [6, 6.07) is 4.16. The number of halogens is 2. The lowest BCUT2D eigenvalue weighted by Gasteiger charge is -2.06. The van der Waals surface area contributed by atoms with Crippen LogP contribution in [0.2, 0.25) is 0 Å². The molecular formula is C12H14BrFN5O3P. The summed E-state index contributed by atoms with van der Waals surface area (Å²) >= 11 is 3.06. The van der Waals surface area contributed by atoms with Gasteiger partial charge in [0, 0.05) is 19.4 Å². The molecule has 1 unspecified atom stereocenters. The first-order chi connectivity index (χ1) is 10.8. The first-order valence-corrected chi connectivity index (χ1v) is 9.50. The number of nitrogens with two attached hydrogens (primary N) is 1. The number of rotatable bonds is 6. The molecule has 8 nitrogen and oxygen atoms in total. The summed E-state index contributed by atoms with van der Waals surface area (Å²) in [5.41, 5.74) is 6.43. The predicted molar refractivity (Wildman–Crippen MR) is 87.9 cm³/mol. The molecule has 0 saturated carbocycles. The van der Waals surface area contributed by atoms with E-state index in [-0.39, 0.29) is 34.5 Å². The van der Waals surface area contributed by atoms with Crippen LogP contribution in [0.5, 0.6) is 0 Å². The normalized spacial score (nSPS) is 14.5. The number of amidine groups is 1. The minimum atomic E-state index is -3.13. The molecule has 124 valence electrons. The van der Waals surface area contributed by atoms with Crippen LogP contribution in [0.1, 0.15) is 5.69 Å². The van der Waals surface area contributed by atoms with Crippen molar-refractivity contribution in [3.05, 3.63) is 34.2 Å². The number of nitrogens with one attached hydrogen (secondary N) is 1. The van der Waals surface area contributed by atoms with Gasteiger partial charge < -0.3 is 15.9 Å². The Morgan fingerprint density at radius 1 is 1.57 bits per heavy atom. The highest BCUT2D eigenvalue weighted by Crippen LogP contribution is 2.34. The van der Waals surface area contributed by atoms with Crippen LogP contribution < -0.4 is 11.1 Å². The fraction of sp³-hybridized carbons (Fsp3) is 0.250. The molecule has 2 aromatic rings. The Morgan fingerprint density at radius 3 is 2.96 bits per heavy atom. The number of aliphatic imine (C=N–C) groups is 1. The van der Waals surface area contributed by atoms with Gasteiger partial charge in [0.15, 0.2) is 18.9 Å². The largest absolute Gasteiger partial charge is 0.382 e. The second-order valence-corrected chi connectivity index (χ2v) is 8.16. The zero-order valence-corrected chi connectivity index (χ0v) is 14.5. The zero-order valence-electron chi connectivity index (χ0n) is 12.0. The third-order valence-electron chi connectivity index (χ3n) is 2.70. The monoisotopic (exact) mass is 405 g/mol. The van der Waals surface area contributed by atoms with Crippen LogP contribution in [0.15, 0.2) is 32.3 Å². The minimum absolute atomic E-state index is 0.0101. The molecule has 1 heterocycles. The van der Waals surface area contributed by atoms with Crippen molar-refractivity contribution in [3.8, 4) is 0 Å². The van der Waals surface area contributed by atoms with Gasteiger partial charge in [0.25, 0.3) is 0 Å². The van der Waals surface area contributed by atoms with Crippen LogP contribution in [0.4, 0.5) is 15.9 Å². The molecule has 0 aliphatic heterocycles. The number of nitrogens with zero attached hydrogens (tertiary/aromatic N) is 3. The van der Waals surface area contributed by atoms with E-state index in [1.165, 1.54) is 24.9 Å². The first kappa shape index (κ1) is 17.6. The Bertz CT molecular complexity index is 776. The predicted octanol–water partition coefficient (Wildman–Crippen LogP) is 2.32. The summed E-state index contributed by atoms with van der Waals surface area (Å²) in [7, 11) is -3.13. The fourth-order valence-corrected chi connectivity index (χ4v) is 2.49. The molecule has 0 bridgehead atoms. The van der Waals surface area contributed by atoms with Crippen molar-refractivity contribution in [2.75, 3.05) is 24.7 Å². The smallest absolute Gasteiger partial charge is 0.202 e. The summed E-state index contributed by atoms with van der Waals surface area (Å²) in [5, 5.41) is 10.1. The molecule has 1 atom stereocenters. The molecule has 11 heteroatoms. The molecule has 4 N–H and O–H groups in total. The Kier molecular flexibility index (Phi) is 5.51. The molecule has 0 spiro atoms. The van der Waals surface area contributed by atoms with Crippen molar-refractivity contribution < 1.29 is 18.5 Å². The Morgan fingerprint density at radius 2 is 2.30 bits per heavy atom. The van der Waals surface area contributed by atoms with Gasteiger partial charge >= 0.3 is 0 Å². The molecular weight excluding hydrogens is 392 g/mol. The van der Waals surface area contributed by atoms with Crippen LogP contribution in [-0.4, -0.2) is 40.4 Å². The van der Waals surface area contributed by atoms with Gasteiger partial charge in [0.2, 0.25) is 5.82 Å². The van der Waals surface area contributed by atoms with Gasteiger partial charge in [0.05, 0.1) is 10.2 Å². The molecule has 0 saturated heterocycles. The lowest BCUT2D eigenvalue weighted by atomic mass is 10.3. The summed E-state index contributed by atoms with van der Waals surface area (Å²) in [5.74, 6) is -0.196. The lowest BCUT2D eigenvalue weighted by Crippen LogP contribution is -2.17. The summed E-state index contributed by atoms with van der Waals surface area (Å²) in [4.78, 5) is 13.4. The quantitative estimate of drug-likeness (QED) is 0.382. The highest BCUT2D eigenvalue weighted by atomic mass is 79.9. The maximum absolute atomic E-state index is 13.2. The molecule has 1 aromatic heterocycles. The van der Waals surface area contributed by atoms with Gasteiger partial charge in [-0.3, -0.25) is 4.57 Å². The molecule has 1 aromatic carbocycles. The average Bonchev–Trinajstić information content (AvgIpc) is 2.90. The van der Waals surface area contributed by atoms with Crippen LogP contribution in [0.25, 0.3) is 0 Å². The SMILES string of the molecule is CP(=O)(O)CCNc1nonc1C(N)=Nc1ccc(F)c(Br)c1. The van der Waals surface area contributed by atoms with Crippen molar-refractivity contribution in [2.24, 2.45) is 10.7 Å². The van der Waals surface area contributed by atoms with E-state index >= 15 is 0 Å². The third kappa shape index (κ3) is 5.12. The van der Waals surface area contributed by atoms with Crippen molar-refractivity contribution >= 4 is 40.6 Å². The van der Waals surface area contributed by atoms with E-state index in [2.05, 4.69) is 41.2 Å². The highest BCUT2D eigenvalue weighted by Gasteiger charge is 2.16. The molecule has 0 aliphatic carbocycles. The van der Waals surface area contributed by atoms with Crippen molar-refractivity contribution in [2.45, 2.75) is 0 Å². The molecule has 0 aliphatic rings. The maximum Gasteiger partial charge on any atom is 0.202 e. The zero-order chi connectivity index (χ0) is 17.0. The van der Waals surface area contributed by atoms with Crippen LogP contribution >= 0.6 is 23.3 Å². The summed E-state index contributed by atoms with van der Waals surface area (Å²) in [6.07, 6.45) is 0.0568. The second-order valence-electron chi connectivity index (χ2n) is 4.76. The van der Waals surface area contributed by atoms with E-state index in [0.29, 0.717) is 5.69 Å². The molecule has 0 fully saturated rings. The highest BCUT2D eigenvalue weighted by molar-refractivity contribution is 9.10. The minimum Gasteiger partial charge on any atom is -0.382 e. The summed E-state index contributed by atoms with van der Waals surface area (Å²) < 4.78 is 29.3. The summed E-state index contributed by atoms with van der Waals surface area (Å²) in [6.45, 7) is 1.46. The van der Waals surface area contributed by atoms with Gasteiger partial charge in [-0.05, 0) is 44.4 Å². The van der Waals surface area contributed by atoms with E-state index in [4.69, 9.17) is 5.73 Å². The van der Waals surface area contributed by atoms with E-state index in [9.17, 15) is 13.8 Å². The van der Waals surface area contributed by atoms with Crippen LogP contribution in [0, 0.1) is 5.82 Å². The number of anilines is 1.